The lowest BCUT2D eigenvalue weighted by Gasteiger charge is -2.24. The van der Waals surface area contributed by atoms with Gasteiger partial charge in [-0.2, -0.15) is 0 Å². The predicted molar refractivity (Wildman–Crippen MR) is 452 cm³/mol. The van der Waals surface area contributed by atoms with E-state index in [1.165, 1.54) is 225 Å². The van der Waals surface area contributed by atoms with Crippen molar-refractivity contribution < 1.29 is 59.1 Å². The van der Waals surface area contributed by atoms with Gasteiger partial charge in [0, 0.05) is 0 Å². The first kappa shape index (κ1) is 104. The monoisotopic (exact) mass is 1500 g/mol. The van der Waals surface area contributed by atoms with Crippen LogP contribution in [0.4, 0.5) is 0 Å². The molecule has 0 radical (unpaired) electrons. The van der Waals surface area contributed by atoms with E-state index >= 15 is 0 Å². The topological polar surface area (TPSA) is 177 Å². The second kappa shape index (κ2) is 88.8. The van der Waals surface area contributed by atoms with Crippen LogP contribution in [0.2, 0.25) is 0 Å². The van der Waals surface area contributed by atoms with Crippen LogP contribution >= 0.6 is 0 Å². The highest BCUT2D eigenvalue weighted by molar-refractivity contribution is 4.97. The van der Waals surface area contributed by atoms with Gasteiger partial charge < -0.3 is 59.1 Å². The van der Waals surface area contributed by atoms with Crippen molar-refractivity contribution in [2.24, 2.45) is 0 Å². The Bertz CT molecular complexity index is 1810. The second-order valence-corrected chi connectivity index (χ2v) is 31.5. The van der Waals surface area contributed by atoms with E-state index in [2.05, 4.69) is 88.5 Å². The van der Waals surface area contributed by atoms with Crippen molar-refractivity contribution in [3.05, 3.63) is 60.8 Å². The Balaban J connectivity index is 4.65. The van der Waals surface area contributed by atoms with Crippen molar-refractivity contribution in [1.82, 2.24) is 0 Å². The average Bonchev–Trinajstić information content (AvgIpc) is 1.01. The molecule has 0 aliphatic carbocycles. The van der Waals surface area contributed by atoms with Crippen LogP contribution in [0.25, 0.3) is 0 Å². The third-order valence-electron chi connectivity index (χ3n) is 20.8. The molecule has 0 fully saturated rings. The summed E-state index contributed by atoms with van der Waals surface area (Å²) in [6, 6.07) is 0. The summed E-state index contributed by atoms with van der Waals surface area (Å²) in [5.41, 5.74) is 0. The molecule has 0 bridgehead atoms. The van der Waals surface area contributed by atoms with Crippen LogP contribution in [0.3, 0.4) is 0 Å². The molecule has 0 amide bonds. The molecule has 0 aromatic carbocycles. The minimum Gasteiger partial charge on any atom is -0.368 e. The van der Waals surface area contributed by atoms with Crippen molar-refractivity contribution in [3.63, 3.8) is 0 Å². The van der Waals surface area contributed by atoms with E-state index in [9.17, 15) is 30.6 Å². The molecule has 0 heterocycles. The first-order valence-corrected chi connectivity index (χ1v) is 46.2. The molecule has 0 aliphatic heterocycles. The summed E-state index contributed by atoms with van der Waals surface area (Å²) >= 11 is 0. The van der Waals surface area contributed by atoms with Gasteiger partial charge in [0.1, 0.15) is 12.2 Å². The number of hydrogen-bond acceptors (Lipinski definition) is 12. The SMILES string of the molecule is CC/C=C\C/C=C\C/C=C\CCCCCCCC(O)OC(COC(O)CCCCCCCC=CCCCCCCCC(O)OCC(COC(O)CCCCCCCCCCCCCCCCC)OC(O)CCCCCCC/C=C\CCCCCCCC)COC(O)CCCCCCCCCCCCCCC. The standard InChI is InChI=1S/C94H180O12/c1-5-9-13-17-21-25-29-33-36-42-48-54-60-66-72-78-90(96)102-85-88(106-94(100)82-76-70-64-58-52-46-38-35-31-27-23-19-15-11-7-3)86-104-92(98)80-74-68-62-56-50-44-40-39-43-49-55-61-67-73-79-91(97)103-84-87(83-101-89(95)77-71-65-59-53-47-41-32-28-24-20-16-12-8-4)105-93(99)81-75-69-63-57-51-45-37-34-30-26-22-18-14-10-6-2/h10,14,22,26,34-35,37-40,87-100H,5-9,11-13,15-21,23-25,27-33,36,41-86H2,1-4H3/b14-10-,26-22-,37-34-,38-35-,40-39?. The summed E-state index contributed by atoms with van der Waals surface area (Å²) in [4.78, 5) is 0. The quantitative estimate of drug-likeness (QED) is 0.0193. The van der Waals surface area contributed by atoms with Gasteiger partial charge in [-0.1, -0.05) is 365 Å². The molecule has 12 nitrogen and oxygen atoms in total. The number of hydrogen-bond donors (Lipinski definition) is 6. The summed E-state index contributed by atoms with van der Waals surface area (Å²) in [7, 11) is 0. The highest BCUT2D eigenvalue weighted by atomic mass is 16.7. The Hall–Kier alpha value is -1.78. The van der Waals surface area contributed by atoms with Gasteiger partial charge in [0.25, 0.3) is 0 Å². The predicted octanol–water partition coefficient (Wildman–Crippen LogP) is 27.1. The van der Waals surface area contributed by atoms with Crippen LogP contribution in [0.15, 0.2) is 60.8 Å². The Labute approximate surface area is 657 Å². The zero-order valence-corrected chi connectivity index (χ0v) is 70.4. The summed E-state index contributed by atoms with van der Waals surface area (Å²) in [6.45, 7) is 9.35. The first-order valence-electron chi connectivity index (χ1n) is 46.2. The third-order valence-corrected chi connectivity index (χ3v) is 20.8. The molecule has 0 spiro atoms. The fraction of sp³-hybridized carbons (Fsp3) is 0.894. The largest absolute Gasteiger partial charge is 0.368 e. The van der Waals surface area contributed by atoms with E-state index in [0.29, 0.717) is 38.5 Å². The smallest absolute Gasteiger partial charge is 0.155 e. The summed E-state index contributed by atoms with van der Waals surface area (Å²) < 4.78 is 35.6. The van der Waals surface area contributed by atoms with Crippen LogP contribution in [-0.2, 0) is 28.4 Å². The van der Waals surface area contributed by atoms with Gasteiger partial charge in [-0.3, -0.25) is 0 Å². The van der Waals surface area contributed by atoms with Crippen molar-refractivity contribution in [2.45, 2.75) is 514 Å². The third kappa shape index (κ3) is 84.7. The number of unbranched alkanes of at least 4 members (excludes halogenated alkanes) is 52. The highest BCUT2D eigenvalue weighted by Crippen LogP contribution is 2.21. The lowest BCUT2D eigenvalue weighted by Crippen LogP contribution is -2.34. The van der Waals surface area contributed by atoms with Gasteiger partial charge in [-0.25, -0.2) is 0 Å². The van der Waals surface area contributed by atoms with Crippen LogP contribution in [0.5, 0.6) is 0 Å². The van der Waals surface area contributed by atoms with Gasteiger partial charge in [0.15, 0.2) is 37.7 Å². The Morgan fingerprint density at radius 2 is 0.358 bits per heavy atom. The lowest BCUT2D eigenvalue weighted by atomic mass is 10.0. The first-order chi connectivity index (χ1) is 52.1. The molecule has 6 N–H and O–H groups in total. The van der Waals surface area contributed by atoms with Gasteiger partial charge in [-0.05, 0) is 161 Å². The molecule has 0 aromatic heterocycles. The fourth-order valence-corrected chi connectivity index (χ4v) is 13.9. The molecule has 0 saturated carbocycles. The fourth-order valence-electron chi connectivity index (χ4n) is 13.9. The summed E-state index contributed by atoms with van der Waals surface area (Å²) in [6.07, 6.45) is 93.7. The van der Waals surface area contributed by atoms with Gasteiger partial charge in [0.2, 0.25) is 0 Å². The summed E-state index contributed by atoms with van der Waals surface area (Å²) in [5, 5.41) is 65.0. The van der Waals surface area contributed by atoms with Crippen LogP contribution in [0.1, 0.15) is 464 Å². The van der Waals surface area contributed by atoms with E-state index in [1.807, 2.05) is 0 Å². The van der Waals surface area contributed by atoms with Gasteiger partial charge >= 0.3 is 0 Å². The second-order valence-electron chi connectivity index (χ2n) is 31.5. The minimum absolute atomic E-state index is 0.0858. The Morgan fingerprint density at radius 1 is 0.189 bits per heavy atom. The molecule has 628 valence electrons. The molecule has 12 heteroatoms. The van der Waals surface area contributed by atoms with Crippen molar-refractivity contribution in [2.75, 3.05) is 26.4 Å². The molecule has 106 heavy (non-hydrogen) atoms. The maximum atomic E-state index is 10.9. The number of aliphatic hydroxyl groups is 6. The molecule has 0 aliphatic rings. The highest BCUT2D eigenvalue weighted by Gasteiger charge is 2.21. The van der Waals surface area contributed by atoms with E-state index < -0.39 is 49.9 Å². The van der Waals surface area contributed by atoms with Gasteiger partial charge in [-0.15, -0.1) is 0 Å². The van der Waals surface area contributed by atoms with E-state index in [0.717, 1.165) is 173 Å². The maximum absolute atomic E-state index is 10.9. The number of aliphatic hydroxyl groups excluding tert-OH is 6. The van der Waals surface area contributed by atoms with Crippen LogP contribution < -0.4 is 0 Å². The minimum atomic E-state index is -0.958. The van der Waals surface area contributed by atoms with Crippen molar-refractivity contribution in [1.29, 1.82) is 0 Å². The molecule has 8 unspecified atom stereocenters. The van der Waals surface area contributed by atoms with Gasteiger partial charge in [0.05, 0.1) is 26.4 Å². The van der Waals surface area contributed by atoms with E-state index in [4.69, 9.17) is 28.4 Å². The van der Waals surface area contributed by atoms with E-state index in [-0.39, 0.29) is 26.4 Å². The maximum Gasteiger partial charge on any atom is 0.155 e. The van der Waals surface area contributed by atoms with Crippen LogP contribution in [-0.4, -0.2) is 107 Å². The van der Waals surface area contributed by atoms with E-state index in [1.54, 1.807) is 0 Å². The lowest BCUT2D eigenvalue weighted by molar-refractivity contribution is -0.212. The molecular weight excluding hydrogens is 1320 g/mol. The number of allylic oxidation sites excluding steroid dienone is 10. The average molecular weight is 1500 g/mol. The number of rotatable bonds is 90. The zero-order chi connectivity index (χ0) is 76.8. The molecule has 0 rings (SSSR count). The zero-order valence-electron chi connectivity index (χ0n) is 70.4. The normalized spacial score (nSPS) is 14.7. The Kier molecular flexibility index (Phi) is 87.3. The molecule has 0 saturated heterocycles. The Morgan fingerprint density at radius 3 is 0.575 bits per heavy atom. The summed E-state index contributed by atoms with van der Waals surface area (Å²) in [5.74, 6) is 0. The number of ether oxygens (including phenoxy) is 6. The molecule has 0 aromatic rings. The molecular formula is C94H180O12. The van der Waals surface area contributed by atoms with Crippen molar-refractivity contribution in [3.8, 4) is 0 Å². The molecule has 8 atom stereocenters. The van der Waals surface area contributed by atoms with Crippen LogP contribution in [0, 0.1) is 0 Å². The van der Waals surface area contributed by atoms with Crippen molar-refractivity contribution >= 4 is 0 Å².